The van der Waals surface area contributed by atoms with Crippen molar-refractivity contribution < 1.29 is 18.3 Å². The van der Waals surface area contributed by atoms with E-state index in [0.717, 1.165) is 44.5 Å². The van der Waals surface area contributed by atoms with E-state index < -0.39 is 15.9 Å². The Labute approximate surface area is 190 Å². The number of aliphatic hydroxyl groups excluding tert-OH is 1. The van der Waals surface area contributed by atoms with Gasteiger partial charge in [0.1, 0.15) is 0 Å². The largest absolute Gasteiger partial charge is 0.378 e. The zero-order valence-electron chi connectivity index (χ0n) is 18.6. The van der Waals surface area contributed by atoms with Gasteiger partial charge in [0, 0.05) is 38.1 Å². The number of carbonyl (C=O) groups excluding carboxylic acids is 1. The maximum atomic E-state index is 12.7. The van der Waals surface area contributed by atoms with Crippen LogP contribution in [0.1, 0.15) is 37.4 Å². The van der Waals surface area contributed by atoms with Crippen LogP contribution in [0, 0.1) is 11.8 Å². The molecule has 4 rings (SSSR count). The molecule has 1 unspecified atom stereocenters. The summed E-state index contributed by atoms with van der Waals surface area (Å²) in [7, 11) is -3.17. The Morgan fingerprint density at radius 2 is 1.41 bits per heavy atom. The molecule has 2 aromatic rings. The third-order valence-electron chi connectivity index (χ3n) is 7.04. The molecule has 0 saturated carbocycles. The molecule has 0 aliphatic carbocycles. The van der Waals surface area contributed by atoms with Gasteiger partial charge >= 0.3 is 0 Å². The maximum Gasteiger partial charge on any atom is 0.256 e. The fourth-order valence-electron chi connectivity index (χ4n) is 5.08. The van der Waals surface area contributed by atoms with E-state index in [1.165, 1.54) is 6.26 Å². The number of benzene rings is 2. The summed E-state index contributed by atoms with van der Waals surface area (Å²) in [6.07, 6.45) is 4.35. The molecule has 2 fully saturated rings. The van der Waals surface area contributed by atoms with Crippen molar-refractivity contribution in [2.75, 3.05) is 37.3 Å². The van der Waals surface area contributed by atoms with Gasteiger partial charge in [-0.25, -0.2) is 8.42 Å². The van der Waals surface area contributed by atoms with Gasteiger partial charge in [-0.1, -0.05) is 30.3 Å². The van der Waals surface area contributed by atoms with Crippen LogP contribution in [0.4, 0.5) is 5.69 Å². The van der Waals surface area contributed by atoms with Gasteiger partial charge in [0.05, 0.1) is 4.90 Å². The molecule has 2 aliphatic rings. The van der Waals surface area contributed by atoms with E-state index in [1.807, 2.05) is 35.2 Å². The molecule has 2 aliphatic heterocycles. The molecular formula is C25H32N2O4S. The lowest BCUT2D eigenvalue weighted by Crippen LogP contribution is -2.44. The minimum Gasteiger partial charge on any atom is -0.378 e. The second-order valence-electron chi connectivity index (χ2n) is 9.07. The lowest BCUT2D eigenvalue weighted by atomic mass is 9.78. The summed E-state index contributed by atoms with van der Waals surface area (Å²) < 4.78 is 23.3. The van der Waals surface area contributed by atoms with Crippen LogP contribution in [0.3, 0.4) is 0 Å². The van der Waals surface area contributed by atoms with Crippen LogP contribution < -0.4 is 4.90 Å². The quantitative estimate of drug-likeness (QED) is 0.747. The molecule has 2 aromatic carbocycles. The molecule has 172 valence electrons. The fourth-order valence-corrected chi connectivity index (χ4v) is 5.71. The van der Waals surface area contributed by atoms with Crippen molar-refractivity contribution in [3.8, 4) is 0 Å². The Hall–Kier alpha value is -2.38. The Morgan fingerprint density at radius 1 is 0.875 bits per heavy atom. The van der Waals surface area contributed by atoms with Crippen molar-refractivity contribution in [2.45, 2.75) is 36.7 Å². The molecule has 7 heteroatoms. The Balaban J connectivity index is 1.26. The van der Waals surface area contributed by atoms with Gasteiger partial charge in [0.25, 0.3) is 5.91 Å². The van der Waals surface area contributed by atoms with Crippen molar-refractivity contribution >= 4 is 21.4 Å². The summed E-state index contributed by atoms with van der Waals surface area (Å²) in [5.74, 6) is 1.07. The normalized spacial score (nSPS) is 19.7. The first kappa shape index (κ1) is 22.8. The van der Waals surface area contributed by atoms with Gasteiger partial charge in [-0.3, -0.25) is 4.79 Å². The number of nitrogens with zero attached hydrogens (tertiary/aromatic N) is 2. The molecule has 2 saturated heterocycles. The molecule has 0 spiro atoms. The molecule has 1 atom stereocenters. The highest BCUT2D eigenvalue weighted by Gasteiger charge is 2.32. The van der Waals surface area contributed by atoms with Gasteiger partial charge in [-0.05, 0) is 67.3 Å². The van der Waals surface area contributed by atoms with E-state index in [9.17, 15) is 18.3 Å². The van der Waals surface area contributed by atoms with E-state index in [4.69, 9.17) is 0 Å². The van der Waals surface area contributed by atoms with E-state index in [-0.39, 0.29) is 5.91 Å². The number of likely N-dealkylation sites (tertiary alicyclic amines) is 1. The number of rotatable bonds is 5. The summed E-state index contributed by atoms with van der Waals surface area (Å²) in [6, 6.07) is 16.3. The van der Waals surface area contributed by atoms with Crippen molar-refractivity contribution in [3.63, 3.8) is 0 Å². The molecule has 0 radical (unpaired) electrons. The molecule has 0 aromatic heterocycles. The number of sulfone groups is 1. The lowest BCUT2D eigenvalue weighted by molar-refractivity contribution is -0.142. The van der Waals surface area contributed by atoms with E-state index in [1.54, 1.807) is 24.3 Å². The molecule has 32 heavy (non-hydrogen) atoms. The van der Waals surface area contributed by atoms with Crippen LogP contribution in [-0.2, 0) is 14.6 Å². The van der Waals surface area contributed by atoms with E-state index >= 15 is 0 Å². The predicted molar refractivity (Wildman–Crippen MR) is 125 cm³/mol. The van der Waals surface area contributed by atoms with Crippen molar-refractivity contribution in [3.05, 3.63) is 60.2 Å². The topological polar surface area (TPSA) is 77.9 Å². The van der Waals surface area contributed by atoms with Crippen LogP contribution in [0.15, 0.2) is 59.5 Å². The SMILES string of the molecule is CS(=O)(=O)c1ccc(N2CCC(C3CCN(C(=O)C(O)c4ccccc4)CC3)CC2)cc1. The minimum absolute atomic E-state index is 0.193. The summed E-state index contributed by atoms with van der Waals surface area (Å²) in [4.78, 5) is 17.2. The predicted octanol–water partition coefficient (Wildman–Crippen LogP) is 3.28. The molecule has 2 heterocycles. The average Bonchev–Trinajstić information content (AvgIpc) is 2.83. The highest BCUT2D eigenvalue weighted by Crippen LogP contribution is 2.34. The zero-order chi connectivity index (χ0) is 22.7. The van der Waals surface area contributed by atoms with Crippen LogP contribution in [0.5, 0.6) is 0 Å². The van der Waals surface area contributed by atoms with Crippen LogP contribution in [-0.4, -0.2) is 56.8 Å². The minimum atomic E-state index is -3.17. The first-order chi connectivity index (χ1) is 15.3. The summed E-state index contributed by atoms with van der Waals surface area (Å²) >= 11 is 0. The standard InChI is InChI=1S/C25H32N2O4S/c1-32(30,31)23-9-7-22(8-10-23)26-15-11-19(12-16-26)20-13-17-27(18-14-20)25(29)24(28)21-5-3-2-4-6-21/h2-10,19-20,24,28H,11-18H2,1H3. The number of hydrogen-bond donors (Lipinski definition) is 1. The van der Waals surface area contributed by atoms with Crippen LogP contribution in [0.25, 0.3) is 0 Å². The van der Waals surface area contributed by atoms with Crippen molar-refractivity contribution in [1.82, 2.24) is 4.90 Å². The second kappa shape index (κ2) is 9.63. The average molecular weight is 457 g/mol. The Kier molecular flexibility index (Phi) is 6.86. The number of aliphatic hydroxyl groups is 1. The number of carbonyl (C=O) groups is 1. The van der Waals surface area contributed by atoms with Gasteiger partial charge in [0.15, 0.2) is 15.9 Å². The number of anilines is 1. The maximum absolute atomic E-state index is 12.7. The summed E-state index contributed by atoms with van der Waals surface area (Å²) in [5, 5.41) is 10.4. The van der Waals surface area contributed by atoms with Crippen molar-refractivity contribution in [1.29, 1.82) is 0 Å². The molecule has 6 nitrogen and oxygen atoms in total. The fraction of sp³-hybridized carbons (Fsp3) is 0.480. The van der Waals surface area contributed by atoms with E-state index in [2.05, 4.69) is 4.90 Å². The first-order valence-electron chi connectivity index (χ1n) is 11.4. The third-order valence-corrected chi connectivity index (χ3v) is 8.17. The molecular weight excluding hydrogens is 424 g/mol. The van der Waals surface area contributed by atoms with Crippen LogP contribution in [0.2, 0.25) is 0 Å². The Morgan fingerprint density at radius 3 is 1.94 bits per heavy atom. The van der Waals surface area contributed by atoms with Gasteiger partial charge in [-0.2, -0.15) is 0 Å². The monoisotopic (exact) mass is 456 g/mol. The van der Waals surface area contributed by atoms with Crippen molar-refractivity contribution in [2.24, 2.45) is 11.8 Å². The molecule has 0 bridgehead atoms. The van der Waals surface area contributed by atoms with Gasteiger partial charge in [-0.15, -0.1) is 0 Å². The number of hydrogen-bond acceptors (Lipinski definition) is 5. The smallest absolute Gasteiger partial charge is 0.256 e. The van der Waals surface area contributed by atoms with Gasteiger partial charge < -0.3 is 14.9 Å². The zero-order valence-corrected chi connectivity index (χ0v) is 19.4. The van der Waals surface area contributed by atoms with E-state index in [0.29, 0.717) is 35.4 Å². The molecule has 1 N–H and O–H groups in total. The number of amides is 1. The second-order valence-corrected chi connectivity index (χ2v) is 11.1. The van der Waals surface area contributed by atoms with Crippen LogP contribution >= 0.6 is 0 Å². The van der Waals surface area contributed by atoms with Gasteiger partial charge in [0.2, 0.25) is 0 Å². The summed E-state index contributed by atoms with van der Waals surface area (Å²) in [6.45, 7) is 3.35. The molecule has 1 amide bonds. The lowest BCUT2D eigenvalue weighted by Gasteiger charge is -2.41. The first-order valence-corrected chi connectivity index (χ1v) is 13.3. The third kappa shape index (κ3) is 5.15. The summed E-state index contributed by atoms with van der Waals surface area (Å²) in [5.41, 5.74) is 1.72. The highest BCUT2D eigenvalue weighted by atomic mass is 32.2. The number of piperidine rings is 2. The highest BCUT2D eigenvalue weighted by molar-refractivity contribution is 7.90. The Bertz CT molecular complexity index is 1010.